The molecular weight excluding hydrogens is 408 g/mol. The molecule has 8 nitrogen and oxygen atoms in total. The van der Waals surface area contributed by atoms with Crippen LogP contribution in [0.15, 0.2) is 23.2 Å². The Labute approximate surface area is 188 Å². The first-order chi connectivity index (χ1) is 15.7. The third-order valence-electron chi connectivity index (χ3n) is 6.85. The highest BCUT2D eigenvalue weighted by atomic mass is 16.6. The van der Waals surface area contributed by atoms with Crippen LogP contribution in [0.25, 0.3) is 10.9 Å². The van der Waals surface area contributed by atoms with Crippen molar-refractivity contribution >= 4 is 28.4 Å². The second-order valence-electron chi connectivity index (χ2n) is 8.76. The normalized spacial score (nSPS) is 20.1. The molecule has 0 saturated carbocycles. The lowest BCUT2D eigenvalue weighted by Crippen LogP contribution is -2.39. The van der Waals surface area contributed by atoms with Crippen LogP contribution in [-0.2, 0) is 9.47 Å². The Kier molecular flexibility index (Phi) is 5.95. The number of likely N-dealkylation sites (tertiary alicyclic amines) is 1. The van der Waals surface area contributed by atoms with Crippen LogP contribution >= 0.6 is 0 Å². The molecule has 0 unspecified atom stereocenters. The van der Waals surface area contributed by atoms with E-state index in [0.717, 1.165) is 48.1 Å². The van der Waals surface area contributed by atoms with E-state index >= 15 is 0 Å². The van der Waals surface area contributed by atoms with Crippen LogP contribution in [0.4, 0.5) is 10.5 Å². The first kappa shape index (κ1) is 21.1. The van der Waals surface area contributed by atoms with E-state index in [1.54, 1.807) is 4.90 Å². The second-order valence-corrected chi connectivity index (χ2v) is 8.76. The average Bonchev–Trinajstić information content (AvgIpc) is 3.45. The number of fused-ring (bicyclic) bond motifs is 1. The molecule has 2 saturated heterocycles. The molecule has 172 valence electrons. The Balaban J connectivity index is 1.52. The smallest absolute Gasteiger partial charge is 0.409 e. The molecule has 8 heteroatoms. The summed E-state index contributed by atoms with van der Waals surface area (Å²) in [5.74, 6) is 0.261. The van der Waals surface area contributed by atoms with Gasteiger partial charge in [-0.15, -0.1) is 0 Å². The minimum Gasteiger partial charge on any atom is -0.494 e. The van der Waals surface area contributed by atoms with Gasteiger partial charge in [0.05, 0.1) is 43.2 Å². The first-order valence-corrected chi connectivity index (χ1v) is 11.8. The Morgan fingerprint density at radius 1 is 1.22 bits per heavy atom. The van der Waals surface area contributed by atoms with Gasteiger partial charge in [-0.05, 0) is 50.8 Å². The van der Waals surface area contributed by atoms with Gasteiger partial charge >= 0.3 is 6.09 Å². The molecule has 0 spiro atoms. The van der Waals surface area contributed by atoms with Crippen molar-refractivity contribution in [3.05, 3.63) is 23.8 Å². The summed E-state index contributed by atoms with van der Waals surface area (Å²) in [5.41, 5.74) is 3.83. The fourth-order valence-corrected chi connectivity index (χ4v) is 5.25. The van der Waals surface area contributed by atoms with Crippen LogP contribution in [0.1, 0.15) is 44.2 Å². The Morgan fingerprint density at radius 2 is 2.00 bits per heavy atom. The van der Waals surface area contributed by atoms with Crippen molar-refractivity contribution in [1.82, 2.24) is 9.47 Å². The van der Waals surface area contributed by atoms with Crippen LogP contribution in [0, 0.1) is 0 Å². The summed E-state index contributed by atoms with van der Waals surface area (Å²) < 4.78 is 12.9. The van der Waals surface area contributed by atoms with E-state index in [0.29, 0.717) is 39.5 Å². The lowest BCUT2D eigenvalue weighted by atomic mass is 10.0. The molecule has 0 aliphatic carbocycles. The summed E-state index contributed by atoms with van der Waals surface area (Å²) in [5, 5.41) is 12.5. The molecule has 2 fully saturated rings. The van der Waals surface area contributed by atoms with Crippen molar-refractivity contribution in [2.24, 2.45) is 4.99 Å². The van der Waals surface area contributed by atoms with Gasteiger partial charge in [-0.25, -0.2) is 4.79 Å². The summed E-state index contributed by atoms with van der Waals surface area (Å²) >= 11 is 0. The average molecular weight is 441 g/mol. The Bertz CT molecular complexity index is 1020. The molecule has 2 aromatic rings. The van der Waals surface area contributed by atoms with Crippen LogP contribution in [-0.4, -0.2) is 78.9 Å². The zero-order chi connectivity index (χ0) is 22.1. The minimum absolute atomic E-state index is 0.111. The van der Waals surface area contributed by atoms with E-state index in [9.17, 15) is 9.90 Å². The SMILES string of the molecule is CCOC(=O)N1CCC(n2c(O)c(C3=NCCOC3)c3cc(N4CCCC4)ccc32)CC1. The fourth-order valence-electron chi connectivity index (χ4n) is 5.25. The number of ether oxygens (including phenoxy) is 2. The van der Waals surface area contributed by atoms with E-state index in [-0.39, 0.29) is 18.0 Å². The molecule has 1 aromatic heterocycles. The maximum atomic E-state index is 12.1. The molecule has 3 aliphatic rings. The molecule has 1 amide bonds. The monoisotopic (exact) mass is 440 g/mol. The quantitative estimate of drug-likeness (QED) is 0.786. The Hall–Kier alpha value is -2.74. The molecule has 0 bridgehead atoms. The summed E-state index contributed by atoms with van der Waals surface area (Å²) in [7, 11) is 0. The molecule has 0 radical (unpaired) electrons. The number of anilines is 1. The zero-order valence-electron chi connectivity index (χ0n) is 18.8. The number of aromatic hydroxyl groups is 1. The number of aromatic nitrogens is 1. The predicted octanol–water partition coefficient (Wildman–Crippen LogP) is 3.56. The van der Waals surface area contributed by atoms with Crippen molar-refractivity contribution in [2.75, 3.05) is 57.4 Å². The summed E-state index contributed by atoms with van der Waals surface area (Å²) in [6, 6.07) is 6.62. The lowest BCUT2D eigenvalue weighted by molar-refractivity contribution is 0.0924. The summed E-state index contributed by atoms with van der Waals surface area (Å²) in [6.45, 7) is 7.25. The fraction of sp³-hybridized carbons (Fsp3) is 0.583. The number of hydrogen-bond acceptors (Lipinski definition) is 6. The number of hydrogen-bond donors (Lipinski definition) is 1. The molecule has 1 N–H and O–H groups in total. The van der Waals surface area contributed by atoms with Crippen molar-refractivity contribution in [3.8, 4) is 5.88 Å². The highest BCUT2D eigenvalue weighted by Crippen LogP contribution is 2.40. The number of carbonyl (C=O) groups is 1. The van der Waals surface area contributed by atoms with Gasteiger partial charge in [0, 0.05) is 43.3 Å². The van der Waals surface area contributed by atoms with Gasteiger partial charge in [0.1, 0.15) is 0 Å². The molecule has 3 aliphatic heterocycles. The van der Waals surface area contributed by atoms with Gasteiger partial charge < -0.3 is 28.9 Å². The number of rotatable bonds is 4. The van der Waals surface area contributed by atoms with Crippen LogP contribution in [0.3, 0.4) is 0 Å². The first-order valence-electron chi connectivity index (χ1n) is 11.8. The number of amides is 1. The van der Waals surface area contributed by atoms with Crippen LogP contribution < -0.4 is 4.90 Å². The maximum absolute atomic E-state index is 12.1. The van der Waals surface area contributed by atoms with E-state index in [4.69, 9.17) is 9.47 Å². The van der Waals surface area contributed by atoms with Crippen molar-refractivity contribution < 1.29 is 19.4 Å². The zero-order valence-corrected chi connectivity index (χ0v) is 18.8. The third kappa shape index (κ3) is 3.81. The van der Waals surface area contributed by atoms with Crippen LogP contribution in [0.5, 0.6) is 5.88 Å². The number of benzene rings is 1. The van der Waals surface area contributed by atoms with Gasteiger partial charge in [0.15, 0.2) is 0 Å². The summed E-state index contributed by atoms with van der Waals surface area (Å²) in [4.78, 5) is 21.0. The van der Waals surface area contributed by atoms with Crippen molar-refractivity contribution in [3.63, 3.8) is 0 Å². The highest BCUT2D eigenvalue weighted by molar-refractivity contribution is 6.14. The molecule has 32 heavy (non-hydrogen) atoms. The van der Waals surface area contributed by atoms with Gasteiger partial charge in [0.2, 0.25) is 5.88 Å². The molecule has 5 rings (SSSR count). The van der Waals surface area contributed by atoms with E-state index in [1.807, 2.05) is 6.92 Å². The molecular formula is C24H32N4O4. The number of aliphatic imine (C=N–C) groups is 1. The summed E-state index contributed by atoms with van der Waals surface area (Å²) in [6.07, 6.45) is 3.73. The molecule has 4 heterocycles. The molecule has 1 aromatic carbocycles. The van der Waals surface area contributed by atoms with Gasteiger partial charge in [-0.1, -0.05) is 0 Å². The second kappa shape index (κ2) is 9.02. The maximum Gasteiger partial charge on any atom is 0.409 e. The lowest BCUT2D eigenvalue weighted by Gasteiger charge is -2.32. The van der Waals surface area contributed by atoms with Gasteiger partial charge in [0.25, 0.3) is 0 Å². The van der Waals surface area contributed by atoms with Gasteiger partial charge in [-0.2, -0.15) is 0 Å². The standard InChI is InChI=1S/C24H32N4O4/c1-2-32-24(30)27-12-7-17(8-13-27)28-21-6-5-18(26-10-3-4-11-26)15-19(21)22(23(28)29)20-16-31-14-9-25-20/h5-6,15,17,29H,2-4,7-14,16H2,1H3. The number of nitrogens with zero attached hydrogens (tertiary/aromatic N) is 4. The molecule has 0 atom stereocenters. The topological polar surface area (TPSA) is 79.5 Å². The third-order valence-corrected chi connectivity index (χ3v) is 6.85. The largest absolute Gasteiger partial charge is 0.494 e. The van der Waals surface area contributed by atoms with E-state index in [2.05, 4.69) is 32.7 Å². The van der Waals surface area contributed by atoms with Crippen LogP contribution in [0.2, 0.25) is 0 Å². The Morgan fingerprint density at radius 3 is 2.69 bits per heavy atom. The number of carbonyl (C=O) groups excluding carboxylic acids is 1. The highest BCUT2D eigenvalue weighted by Gasteiger charge is 2.30. The van der Waals surface area contributed by atoms with Crippen molar-refractivity contribution in [1.29, 1.82) is 0 Å². The van der Waals surface area contributed by atoms with Gasteiger partial charge in [-0.3, -0.25) is 4.99 Å². The number of piperidine rings is 1. The predicted molar refractivity (Wildman–Crippen MR) is 124 cm³/mol. The minimum atomic E-state index is -0.253. The van der Waals surface area contributed by atoms with E-state index < -0.39 is 0 Å². The van der Waals surface area contributed by atoms with E-state index in [1.165, 1.54) is 18.5 Å². The van der Waals surface area contributed by atoms with Crippen molar-refractivity contribution in [2.45, 2.75) is 38.6 Å².